The van der Waals surface area contributed by atoms with Gasteiger partial charge < -0.3 is 16.0 Å². The van der Waals surface area contributed by atoms with E-state index in [9.17, 15) is 14.0 Å². The molecule has 5 nitrogen and oxygen atoms in total. The van der Waals surface area contributed by atoms with Gasteiger partial charge in [0, 0.05) is 25.2 Å². The van der Waals surface area contributed by atoms with Crippen LogP contribution in [-0.2, 0) is 6.54 Å². The topological polar surface area (TPSA) is 70.2 Å². The zero-order chi connectivity index (χ0) is 18.1. The van der Waals surface area contributed by atoms with Crippen LogP contribution in [0.25, 0.3) is 0 Å². The molecule has 3 N–H and O–H groups in total. The van der Waals surface area contributed by atoms with Crippen LogP contribution in [0.1, 0.15) is 27.9 Å². The first-order valence-corrected chi connectivity index (χ1v) is 8.15. The minimum atomic E-state index is -0.377. The zero-order valence-corrected chi connectivity index (χ0v) is 14.1. The van der Waals surface area contributed by atoms with Gasteiger partial charge in [0.1, 0.15) is 5.82 Å². The first-order chi connectivity index (χ1) is 12.0. The molecule has 0 unspecified atom stereocenters. The number of carbonyl (C=O) groups excluding carboxylic acids is 2. The van der Waals surface area contributed by atoms with Crippen molar-refractivity contribution < 1.29 is 14.0 Å². The largest absolute Gasteiger partial charge is 0.352 e. The summed E-state index contributed by atoms with van der Waals surface area (Å²) in [6, 6.07) is 13.0. The first-order valence-electron chi connectivity index (χ1n) is 8.15. The van der Waals surface area contributed by atoms with E-state index in [2.05, 4.69) is 16.0 Å². The molecule has 0 heterocycles. The summed E-state index contributed by atoms with van der Waals surface area (Å²) in [6.45, 7) is 3.34. The van der Waals surface area contributed by atoms with Crippen molar-refractivity contribution in [2.45, 2.75) is 19.9 Å². The predicted molar refractivity (Wildman–Crippen MR) is 94.8 cm³/mol. The van der Waals surface area contributed by atoms with E-state index in [4.69, 9.17) is 0 Å². The second kappa shape index (κ2) is 9.42. The molecular formula is C19H22FN3O2. The van der Waals surface area contributed by atoms with Gasteiger partial charge in [0.05, 0.1) is 0 Å². The van der Waals surface area contributed by atoms with Gasteiger partial charge in [0.2, 0.25) is 0 Å². The highest BCUT2D eigenvalue weighted by atomic mass is 19.1. The number of rotatable bonds is 7. The Morgan fingerprint density at radius 2 is 1.68 bits per heavy atom. The minimum Gasteiger partial charge on any atom is -0.352 e. The highest BCUT2D eigenvalue weighted by Gasteiger charge is 2.05. The van der Waals surface area contributed by atoms with Crippen molar-refractivity contribution in [3.63, 3.8) is 0 Å². The van der Waals surface area contributed by atoms with E-state index in [1.54, 1.807) is 0 Å². The Kier molecular flexibility index (Phi) is 6.95. The Bertz CT molecular complexity index is 717. The second-order valence-electron chi connectivity index (χ2n) is 5.71. The molecule has 0 radical (unpaired) electrons. The van der Waals surface area contributed by atoms with Crippen LogP contribution in [0, 0.1) is 12.7 Å². The normalized spacial score (nSPS) is 10.2. The van der Waals surface area contributed by atoms with E-state index in [1.807, 2.05) is 31.2 Å². The molecule has 3 amide bonds. The maximum absolute atomic E-state index is 12.8. The Morgan fingerprint density at radius 1 is 0.960 bits per heavy atom. The van der Waals surface area contributed by atoms with Crippen molar-refractivity contribution in [2.75, 3.05) is 13.1 Å². The monoisotopic (exact) mass is 343 g/mol. The van der Waals surface area contributed by atoms with E-state index in [-0.39, 0.29) is 17.8 Å². The molecule has 0 aliphatic carbocycles. The molecule has 0 aromatic heterocycles. The Balaban J connectivity index is 1.58. The van der Waals surface area contributed by atoms with E-state index in [1.165, 1.54) is 24.3 Å². The maximum atomic E-state index is 12.8. The lowest BCUT2D eigenvalue weighted by Crippen LogP contribution is -2.36. The van der Waals surface area contributed by atoms with Crippen molar-refractivity contribution in [1.82, 2.24) is 16.0 Å². The lowest BCUT2D eigenvalue weighted by Gasteiger charge is -2.09. The molecule has 0 saturated heterocycles. The van der Waals surface area contributed by atoms with Crippen LogP contribution in [0.15, 0.2) is 48.5 Å². The molecule has 2 aromatic carbocycles. The maximum Gasteiger partial charge on any atom is 0.315 e. The summed E-state index contributed by atoms with van der Waals surface area (Å²) in [5.41, 5.74) is 2.60. The second-order valence-corrected chi connectivity index (χ2v) is 5.71. The van der Waals surface area contributed by atoms with E-state index < -0.39 is 0 Å². The average Bonchev–Trinajstić information content (AvgIpc) is 2.60. The number of hydrogen-bond acceptors (Lipinski definition) is 2. The van der Waals surface area contributed by atoms with Crippen LogP contribution >= 0.6 is 0 Å². The highest BCUT2D eigenvalue weighted by Crippen LogP contribution is 2.03. The predicted octanol–water partition coefficient (Wildman–Crippen LogP) is 2.75. The summed E-state index contributed by atoms with van der Waals surface area (Å²) in [5, 5.41) is 8.24. The van der Waals surface area contributed by atoms with Crippen molar-refractivity contribution in [3.8, 4) is 0 Å². The van der Waals surface area contributed by atoms with Crippen molar-refractivity contribution in [2.24, 2.45) is 0 Å². The van der Waals surface area contributed by atoms with Crippen LogP contribution in [0.4, 0.5) is 9.18 Å². The number of amides is 3. The third-order valence-electron chi connectivity index (χ3n) is 3.57. The molecule has 0 spiro atoms. The van der Waals surface area contributed by atoms with Gasteiger partial charge in [0.15, 0.2) is 0 Å². The molecule has 0 aliphatic heterocycles. The number of hydrogen-bond donors (Lipinski definition) is 3. The SMILES string of the molecule is Cc1cccc(CNC(=O)NCCCNC(=O)c2ccc(F)cc2)c1. The summed E-state index contributed by atoms with van der Waals surface area (Å²) in [5.74, 6) is -0.638. The molecule has 132 valence electrons. The third kappa shape index (κ3) is 6.63. The van der Waals surface area contributed by atoms with Gasteiger partial charge in [-0.05, 0) is 43.2 Å². The van der Waals surface area contributed by atoms with Crippen LogP contribution < -0.4 is 16.0 Å². The van der Waals surface area contributed by atoms with E-state index in [0.29, 0.717) is 31.6 Å². The van der Waals surface area contributed by atoms with Crippen LogP contribution in [0.2, 0.25) is 0 Å². The number of carbonyl (C=O) groups is 2. The fourth-order valence-electron chi connectivity index (χ4n) is 2.26. The smallest absolute Gasteiger partial charge is 0.315 e. The lowest BCUT2D eigenvalue weighted by molar-refractivity contribution is 0.0953. The zero-order valence-electron chi connectivity index (χ0n) is 14.1. The fraction of sp³-hybridized carbons (Fsp3) is 0.263. The van der Waals surface area contributed by atoms with Gasteiger partial charge in [-0.2, -0.15) is 0 Å². The number of halogens is 1. The molecule has 0 bridgehead atoms. The molecule has 0 atom stereocenters. The Hall–Kier alpha value is -2.89. The first kappa shape index (κ1) is 18.4. The third-order valence-corrected chi connectivity index (χ3v) is 3.57. The number of benzene rings is 2. The van der Waals surface area contributed by atoms with Crippen LogP contribution in [0.5, 0.6) is 0 Å². The Morgan fingerprint density at radius 3 is 2.40 bits per heavy atom. The average molecular weight is 343 g/mol. The summed E-state index contributed by atoms with van der Waals surface area (Å²) in [7, 11) is 0. The van der Waals surface area contributed by atoms with E-state index in [0.717, 1.165) is 11.1 Å². The summed E-state index contributed by atoms with van der Waals surface area (Å²) in [6.07, 6.45) is 0.602. The van der Waals surface area contributed by atoms with Crippen LogP contribution in [-0.4, -0.2) is 25.0 Å². The summed E-state index contributed by atoms with van der Waals surface area (Å²) >= 11 is 0. The molecule has 2 rings (SSSR count). The van der Waals surface area contributed by atoms with E-state index >= 15 is 0 Å². The quantitative estimate of drug-likeness (QED) is 0.677. The molecule has 25 heavy (non-hydrogen) atoms. The number of nitrogens with one attached hydrogen (secondary N) is 3. The molecule has 0 fully saturated rings. The lowest BCUT2D eigenvalue weighted by atomic mass is 10.1. The van der Waals surface area contributed by atoms with Crippen LogP contribution in [0.3, 0.4) is 0 Å². The van der Waals surface area contributed by atoms with Gasteiger partial charge in [-0.25, -0.2) is 9.18 Å². The van der Waals surface area contributed by atoms with Gasteiger partial charge >= 0.3 is 6.03 Å². The summed E-state index contributed by atoms with van der Waals surface area (Å²) in [4.78, 5) is 23.5. The molecular weight excluding hydrogens is 321 g/mol. The van der Waals surface area contributed by atoms with Crippen molar-refractivity contribution in [3.05, 3.63) is 71.0 Å². The molecule has 6 heteroatoms. The number of aryl methyl sites for hydroxylation is 1. The van der Waals surface area contributed by atoms with Gasteiger partial charge in [-0.15, -0.1) is 0 Å². The number of urea groups is 1. The van der Waals surface area contributed by atoms with Gasteiger partial charge in [-0.3, -0.25) is 4.79 Å². The van der Waals surface area contributed by atoms with Gasteiger partial charge in [-0.1, -0.05) is 29.8 Å². The summed E-state index contributed by atoms with van der Waals surface area (Å²) < 4.78 is 12.8. The molecule has 2 aromatic rings. The highest BCUT2D eigenvalue weighted by molar-refractivity contribution is 5.94. The minimum absolute atomic E-state index is 0.244. The van der Waals surface area contributed by atoms with Crippen molar-refractivity contribution >= 4 is 11.9 Å². The molecule has 0 saturated carbocycles. The molecule has 0 aliphatic rings. The standard InChI is InChI=1S/C19H22FN3O2/c1-14-4-2-5-15(12-14)13-23-19(25)22-11-3-10-21-18(24)16-6-8-17(20)9-7-16/h2,4-9,12H,3,10-11,13H2,1H3,(H,21,24)(H2,22,23,25). The van der Waals surface area contributed by atoms with Crippen molar-refractivity contribution in [1.29, 1.82) is 0 Å². The fourth-order valence-corrected chi connectivity index (χ4v) is 2.26. The van der Waals surface area contributed by atoms with Gasteiger partial charge in [0.25, 0.3) is 5.91 Å². The Labute approximate surface area is 146 Å².